The number of methoxy groups -OCH3 is 2. The molecule has 2 fully saturated rings. The SMILES string of the molecule is COC1C2=C(C)C(=O)OC2(OC)CC2(O)CCCC(C)C12C. The molecule has 3 rings (SSSR count). The van der Waals surface area contributed by atoms with Gasteiger partial charge in [0.25, 0.3) is 0 Å². The normalized spacial score (nSPS) is 48.0. The summed E-state index contributed by atoms with van der Waals surface area (Å²) in [5.41, 5.74) is -0.138. The summed E-state index contributed by atoms with van der Waals surface area (Å²) < 4.78 is 17.0. The van der Waals surface area contributed by atoms with E-state index in [1.807, 2.05) is 0 Å². The Morgan fingerprint density at radius 1 is 1.36 bits per heavy atom. The first-order chi connectivity index (χ1) is 10.3. The number of hydrogen-bond donors (Lipinski definition) is 1. The fourth-order valence-corrected chi connectivity index (χ4v) is 4.99. The van der Waals surface area contributed by atoms with Gasteiger partial charge in [-0.25, -0.2) is 4.79 Å². The van der Waals surface area contributed by atoms with E-state index in [1.54, 1.807) is 14.0 Å². The van der Waals surface area contributed by atoms with Crippen LogP contribution < -0.4 is 0 Å². The van der Waals surface area contributed by atoms with Crippen molar-refractivity contribution >= 4 is 5.97 Å². The van der Waals surface area contributed by atoms with Crippen LogP contribution in [0.4, 0.5) is 0 Å². The molecule has 0 radical (unpaired) electrons. The number of fused-ring (bicyclic) bond motifs is 2. The quantitative estimate of drug-likeness (QED) is 0.792. The number of carbonyl (C=O) groups excluding carboxylic acids is 1. The number of carbonyl (C=O) groups is 1. The van der Waals surface area contributed by atoms with Gasteiger partial charge in [0, 0.05) is 37.2 Å². The molecule has 5 nitrogen and oxygen atoms in total. The lowest BCUT2D eigenvalue weighted by Crippen LogP contribution is -2.68. The second-order valence-electron chi connectivity index (χ2n) is 7.29. The molecule has 2 aliphatic carbocycles. The van der Waals surface area contributed by atoms with E-state index >= 15 is 0 Å². The van der Waals surface area contributed by atoms with Crippen LogP contribution in [0.5, 0.6) is 0 Å². The largest absolute Gasteiger partial charge is 0.425 e. The third-order valence-corrected chi connectivity index (χ3v) is 6.53. The van der Waals surface area contributed by atoms with Gasteiger partial charge in [0.15, 0.2) is 0 Å². The van der Waals surface area contributed by atoms with Crippen molar-refractivity contribution in [3.63, 3.8) is 0 Å². The van der Waals surface area contributed by atoms with Gasteiger partial charge < -0.3 is 19.3 Å². The molecule has 0 aromatic carbocycles. The van der Waals surface area contributed by atoms with E-state index in [4.69, 9.17) is 14.2 Å². The molecule has 0 aromatic rings. The summed E-state index contributed by atoms with van der Waals surface area (Å²) in [5.74, 6) is -1.29. The molecular formula is C17H26O5. The molecule has 1 N–H and O–H groups in total. The Morgan fingerprint density at radius 3 is 2.64 bits per heavy atom. The van der Waals surface area contributed by atoms with Gasteiger partial charge in [-0.3, -0.25) is 0 Å². The lowest BCUT2D eigenvalue weighted by molar-refractivity contribution is -0.282. The third-order valence-electron chi connectivity index (χ3n) is 6.53. The lowest BCUT2D eigenvalue weighted by atomic mass is 9.49. The molecule has 5 atom stereocenters. The molecular weight excluding hydrogens is 284 g/mol. The van der Waals surface area contributed by atoms with Crippen LogP contribution in [0.15, 0.2) is 11.1 Å². The summed E-state index contributed by atoms with van der Waals surface area (Å²) >= 11 is 0. The number of rotatable bonds is 2. The van der Waals surface area contributed by atoms with E-state index < -0.39 is 22.9 Å². The monoisotopic (exact) mass is 310 g/mol. The minimum Gasteiger partial charge on any atom is -0.425 e. The van der Waals surface area contributed by atoms with E-state index in [-0.39, 0.29) is 18.3 Å². The Balaban J connectivity index is 2.22. The van der Waals surface area contributed by atoms with Crippen molar-refractivity contribution in [2.75, 3.05) is 14.2 Å². The van der Waals surface area contributed by atoms with Crippen LogP contribution in [-0.2, 0) is 19.0 Å². The summed E-state index contributed by atoms with van der Waals surface area (Å²) in [6.45, 7) is 5.99. The van der Waals surface area contributed by atoms with Crippen LogP contribution in [-0.4, -0.2) is 42.8 Å². The molecule has 22 heavy (non-hydrogen) atoms. The minimum atomic E-state index is -1.19. The molecule has 0 aromatic heterocycles. The average molecular weight is 310 g/mol. The van der Waals surface area contributed by atoms with E-state index in [9.17, 15) is 9.90 Å². The fourth-order valence-electron chi connectivity index (χ4n) is 4.99. The van der Waals surface area contributed by atoms with Gasteiger partial charge in [0.1, 0.15) is 0 Å². The van der Waals surface area contributed by atoms with E-state index in [1.165, 1.54) is 7.11 Å². The maximum Gasteiger partial charge on any atom is 0.336 e. The highest BCUT2D eigenvalue weighted by atomic mass is 16.7. The topological polar surface area (TPSA) is 65.0 Å². The predicted molar refractivity (Wildman–Crippen MR) is 80.0 cm³/mol. The first kappa shape index (κ1) is 16.0. The number of ether oxygens (including phenoxy) is 3. The summed E-state index contributed by atoms with van der Waals surface area (Å²) in [4.78, 5) is 12.2. The molecule has 1 heterocycles. The zero-order chi connectivity index (χ0) is 16.3. The Morgan fingerprint density at radius 2 is 2.05 bits per heavy atom. The van der Waals surface area contributed by atoms with Gasteiger partial charge in [-0.15, -0.1) is 0 Å². The highest BCUT2D eigenvalue weighted by Crippen LogP contribution is 2.62. The first-order valence-electron chi connectivity index (χ1n) is 8.00. The molecule has 5 unspecified atom stereocenters. The molecule has 1 aliphatic heterocycles. The van der Waals surface area contributed by atoms with Crippen molar-refractivity contribution in [3.8, 4) is 0 Å². The lowest BCUT2D eigenvalue weighted by Gasteiger charge is -2.61. The number of aliphatic hydroxyl groups is 1. The standard InChI is InChI=1S/C17H26O5/c1-10-7-6-8-16(19)9-17(21-5)12(11(2)14(18)22-17)13(20-4)15(10,16)3/h10,13,19H,6-9H2,1-5H3. The van der Waals surface area contributed by atoms with Crippen LogP contribution in [0.2, 0.25) is 0 Å². The van der Waals surface area contributed by atoms with E-state index in [0.717, 1.165) is 18.4 Å². The van der Waals surface area contributed by atoms with Crippen LogP contribution in [0.1, 0.15) is 46.5 Å². The van der Waals surface area contributed by atoms with Crippen molar-refractivity contribution in [1.82, 2.24) is 0 Å². The molecule has 2 saturated carbocycles. The summed E-state index contributed by atoms with van der Waals surface area (Å²) in [7, 11) is 3.16. The van der Waals surface area contributed by atoms with Gasteiger partial charge in [-0.1, -0.05) is 20.3 Å². The Bertz CT molecular complexity index is 541. The maximum atomic E-state index is 12.2. The zero-order valence-electron chi connectivity index (χ0n) is 14.1. The van der Waals surface area contributed by atoms with Crippen LogP contribution in [0, 0.1) is 11.3 Å². The molecule has 0 amide bonds. The zero-order valence-corrected chi connectivity index (χ0v) is 14.1. The summed E-state index contributed by atoms with van der Waals surface area (Å²) in [6.07, 6.45) is 2.54. The molecule has 5 heteroatoms. The van der Waals surface area contributed by atoms with Gasteiger partial charge in [0.2, 0.25) is 5.79 Å². The molecule has 3 aliphatic rings. The third kappa shape index (κ3) is 1.67. The van der Waals surface area contributed by atoms with Crippen LogP contribution in [0.3, 0.4) is 0 Å². The van der Waals surface area contributed by atoms with Crippen molar-refractivity contribution in [2.45, 2.75) is 63.9 Å². The summed E-state index contributed by atoms with van der Waals surface area (Å²) in [5, 5.41) is 11.5. The van der Waals surface area contributed by atoms with E-state index in [0.29, 0.717) is 12.0 Å². The second-order valence-corrected chi connectivity index (χ2v) is 7.29. The molecule has 0 bridgehead atoms. The number of hydrogen-bond acceptors (Lipinski definition) is 5. The van der Waals surface area contributed by atoms with Crippen molar-refractivity contribution in [3.05, 3.63) is 11.1 Å². The van der Waals surface area contributed by atoms with Gasteiger partial charge in [0.05, 0.1) is 11.7 Å². The Hall–Kier alpha value is -0.910. The molecule has 0 saturated heterocycles. The van der Waals surface area contributed by atoms with E-state index in [2.05, 4.69) is 13.8 Å². The van der Waals surface area contributed by atoms with Crippen LogP contribution in [0.25, 0.3) is 0 Å². The highest BCUT2D eigenvalue weighted by Gasteiger charge is 2.69. The van der Waals surface area contributed by atoms with Gasteiger partial charge in [-0.05, 0) is 25.7 Å². The van der Waals surface area contributed by atoms with Crippen molar-refractivity contribution in [1.29, 1.82) is 0 Å². The van der Waals surface area contributed by atoms with Crippen molar-refractivity contribution < 1.29 is 24.1 Å². The smallest absolute Gasteiger partial charge is 0.336 e. The minimum absolute atomic E-state index is 0.273. The van der Waals surface area contributed by atoms with Crippen LogP contribution >= 0.6 is 0 Å². The fraction of sp³-hybridized carbons (Fsp3) is 0.824. The first-order valence-corrected chi connectivity index (χ1v) is 8.00. The molecule has 0 spiro atoms. The average Bonchev–Trinajstić information content (AvgIpc) is 2.71. The van der Waals surface area contributed by atoms with Gasteiger partial charge >= 0.3 is 5.97 Å². The Kier molecular flexibility index (Phi) is 3.48. The maximum absolute atomic E-state index is 12.2. The van der Waals surface area contributed by atoms with Gasteiger partial charge in [-0.2, -0.15) is 0 Å². The predicted octanol–water partition coefficient (Wildman–Crippen LogP) is 2.18. The highest BCUT2D eigenvalue weighted by molar-refractivity contribution is 5.92. The summed E-state index contributed by atoms with van der Waals surface area (Å²) in [6, 6.07) is 0. The second kappa shape index (κ2) is 4.79. The van der Waals surface area contributed by atoms with Crippen molar-refractivity contribution in [2.24, 2.45) is 11.3 Å². The number of esters is 1. The Labute approximate surface area is 131 Å². The molecule has 124 valence electrons.